The number of nitrogens with two attached hydrogens (primary N) is 1. The number of fused-ring (bicyclic) bond motifs is 3. The van der Waals surface area contributed by atoms with E-state index in [1.54, 1.807) is 36.4 Å². The molecular formula is C29H31N3O4. The first-order valence-electron chi connectivity index (χ1n) is 12.4. The van der Waals surface area contributed by atoms with Crippen molar-refractivity contribution in [2.75, 3.05) is 19.6 Å². The number of nitrogens with zero attached hydrogens (tertiary/aromatic N) is 1. The lowest BCUT2D eigenvalue weighted by molar-refractivity contribution is -0.0336. The van der Waals surface area contributed by atoms with Crippen LogP contribution < -0.4 is 15.8 Å². The average molecular weight is 486 g/mol. The van der Waals surface area contributed by atoms with Crippen molar-refractivity contribution < 1.29 is 19.1 Å². The van der Waals surface area contributed by atoms with Crippen LogP contribution in [0.5, 0.6) is 5.75 Å². The molecule has 2 bridgehead atoms. The number of rotatable bonds is 7. The minimum absolute atomic E-state index is 0.0884. The number of esters is 1. The van der Waals surface area contributed by atoms with Crippen molar-refractivity contribution in [3.05, 3.63) is 101 Å². The van der Waals surface area contributed by atoms with Gasteiger partial charge in [-0.2, -0.15) is 0 Å². The molecule has 7 heteroatoms. The van der Waals surface area contributed by atoms with Gasteiger partial charge in [-0.05, 0) is 72.8 Å². The van der Waals surface area contributed by atoms with Gasteiger partial charge in [0.1, 0.15) is 11.9 Å². The monoisotopic (exact) mass is 485 g/mol. The van der Waals surface area contributed by atoms with E-state index in [9.17, 15) is 9.59 Å². The van der Waals surface area contributed by atoms with E-state index in [4.69, 9.17) is 15.2 Å². The number of alkyl carbamates (subject to hydrolysis) is 1. The Hall–Kier alpha value is -3.68. The molecular weight excluding hydrogens is 454 g/mol. The highest BCUT2D eigenvalue weighted by Gasteiger charge is 2.36. The van der Waals surface area contributed by atoms with Crippen LogP contribution in [0, 0.1) is 5.92 Å². The molecule has 6 rings (SSSR count). The van der Waals surface area contributed by atoms with Gasteiger partial charge in [0.05, 0.1) is 11.6 Å². The van der Waals surface area contributed by atoms with Crippen molar-refractivity contribution in [1.82, 2.24) is 10.2 Å². The molecule has 3 saturated heterocycles. The molecule has 0 saturated carbocycles. The van der Waals surface area contributed by atoms with Gasteiger partial charge in [0, 0.05) is 13.1 Å². The third-order valence-corrected chi connectivity index (χ3v) is 7.05. The maximum Gasteiger partial charge on any atom is 0.408 e. The van der Waals surface area contributed by atoms with Gasteiger partial charge in [-0.1, -0.05) is 54.6 Å². The SMILES string of the molecule is NCc1cccc(OC(=O)c2cccc([C@@H](NC(=O)O[C@H]3CN4CCC3CC4)c3ccccc3)c2)c1. The van der Waals surface area contributed by atoms with Crippen LogP contribution in [-0.4, -0.2) is 42.7 Å². The Morgan fingerprint density at radius 1 is 0.944 bits per heavy atom. The van der Waals surface area contributed by atoms with Gasteiger partial charge in [-0.3, -0.25) is 4.90 Å². The van der Waals surface area contributed by atoms with Crippen molar-refractivity contribution in [3.63, 3.8) is 0 Å². The topological polar surface area (TPSA) is 93.9 Å². The summed E-state index contributed by atoms with van der Waals surface area (Å²) in [6.07, 6.45) is 1.60. The summed E-state index contributed by atoms with van der Waals surface area (Å²) in [7, 11) is 0. The summed E-state index contributed by atoms with van der Waals surface area (Å²) in [5.41, 5.74) is 8.62. The van der Waals surface area contributed by atoms with Gasteiger partial charge in [-0.15, -0.1) is 0 Å². The summed E-state index contributed by atoms with van der Waals surface area (Å²) >= 11 is 0. The highest BCUT2D eigenvalue weighted by atomic mass is 16.6. The zero-order valence-electron chi connectivity index (χ0n) is 20.1. The Labute approximate surface area is 211 Å². The lowest BCUT2D eigenvalue weighted by Gasteiger charge is -2.43. The Kier molecular flexibility index (Phi) is 7.30. The number of amides is 1. The van der Waals surface area contributed by atoms with E-state index in [2.05, 4.69) is 10.2 Å². The van der Waals surface area contributed by atoms with E-state index < -0.39 is 18.1 Å². The molecule has 1 amide bonds. The lowest BCUT2D eigenvalue weighted by atomic mass is 9.86. The van der Waals surface area contributed by atoms with Crippen molar-refractivity contribution >= 4 is 12.1 Å². The normalized spacial score (nSPS) is 21.4. The van der Waals surface area contributed by atoms with Crippen LogP contribution in [0.15, 0.2) is 78.9 Å². The number of hydrogen-bond acceptors (Lipinski definition) is 6. The minimum atomic E-state index is -0.479. The number of hydrogen-bond donors (Lipinski definition) is 2. The van der Waals surface area contributed by atoms with Crippen molar-refractivity contribution in [2.45, 2.75) is 31.5 Å². The molecule has 3 aromatic carbocycles. The zero-order chi connectivity index (χ0) is 24.9. The Morgan fingerprint density at radius 2 is 1.69 bits per heavy atom. The number of nitrogens with one attached hydrogen (secondary N) is 1. The average Bonchev–Trinajstić information content (AvgIpc) is 2.93. The summed E-state index contributed by atoms with van der Waals surface area (Å²) in [5, 5.41) is 3.04. The van der Waals surface area contributed by atoms with Gasteiger partial charge in [0.2, 0.25) is 0 Å². The Bertz CT molecular complexity index is 1210. The molecule has 0 aromatic heterocycles. The minimum Gasteiger partial charge on any atom is -0.445 e. The number of ether oxygens (including phenoxy) is 2. The summed E-state index contributed by atoms with van der Waals surface area (Å²) in [4.78, 5) is 28.3. The summed E-state index contributed by atoms with van der Waals surface area (Å²) in [6, 6.07) is 23.5. The molecule has 0 spiro atoms. The quantitative estimate of drug-likeness (QED) is 0.383. The summed E-state index contributed by atoms with van der Waals surface area (Å²) in [6.45, 7) is 3.32. The van der Waals surface area contributed by atoms with Gasteiger partial charge in [0.25, 0.3) is 0 Å². The molecule has 36 heavy (non-hydrogen) atoms. The van der Waals surface area contributed by atoms with Crippen LogP contribution in [0.4, 0.5) is 4.79 Å². The van der Waals surface area contributed by atoms with Gasteiger partial charge in [0.15, 0.2) is 0 Å². The van der Waals surface area contributed by atoms with Gasteiger partial charge < -0.3 is 20.5 Å². The van der Waals surface area contributed by atoms with Crippen LogP contribution >= 0.6 is 0 Å². The molecule has 3 aliphatic rings. The first-order valence-corrected chi connectivity index (χ1v) is 12.4. The zero-order valence-corrected chi connectivity index (χ0v) is 20.1. The fourth-order valence-corrected chi connectivity index (χ4v) is 5.09. The largest absolute Gasteiger partial charge is 0.445 e. The van der Waals surface area contributed by atoms with Gasteiger partial charge in [-0.25, -0.2) is 9.59 Å². The van der Waals surface area contributed by atoms with E-state index >= 15 is 0 Å². The van der Waals surface area contributed by atoms with Crippen LogP contribution in [-0.2, 0) is 11.3 Å². The molecule has 0 unspecified atom stereocenters. The van der Waals surface area contributed by atoms with Crippen molar-refractivity contribution in [2.24, 2.45) is 11.7 Å². The predicted molar refractivity (Wildman–Crippen MR) is 137 cm³/mol. The Morgan fingerprint density at radius 3 is 2.42 bits per heavy atom. The molecule has 0 radical (unpaired) electrons. The highest BCUT2D eigenvalue weighted by molar-refractivity contribution is 5.91. The number of piperidine rings is 3. The fourth-order valence-electron chi connectivity index (χ4n) is 5.09. The second-order valence-corrected chi connectivity index (χ2v) is 9.44. The van der Waals surface area contributed by atoms with E-state index in [-0.39, 0.29) is 6.10 Å². The summed E-state index contributed by atoms with van der Waals surface area (Å²) < 4.78 is 11.5. The van der Waals surface area contributed by atoms with Crippen LogP contribution in [0.25, 0.3) is 0 Å². The van der Waals surface area contributed by atoms with Crippen molar-refractivity contribution in [1.29, 1.82) is 0 Å². The first kappa shape index (κ1) is 24.0. The van der Waals surface area contributed by atoms with E-state index in [1.165, 1.54) is 0 Å². The predicted octanol–water partition coefficient (Wildman–Crippen LogP) is 4.27. The molecule has 3 heterocycles. The first-order chi connectivity index (χ1) is 17.6. The maximum absolute atomic E-state index is 13.0. The van der Waals surface area contributed by atoms with E-state index in [1.807, 2.05) is 42.5 Å². The number of carbonyl (C=O) groups excluding carboxylic acids is 2. The number of carbonyl (C=O) groups is 2. The molecule has 3 fully saturated rings. The molecule has 3 aromatic rings. The van der Waals surface area contributed by atoms with Crippen LogP contribution in [0.1, 0.15) is 45.9 Å². The standard InChI is InChI=1S/C29H31N3O4/c30-18-20-6-4-11-25(16-20)35-28(33)24-10-5-9-23(17-24)27(22-7-2-1-3-8-22)31-29(34)36-26-19-32-14-12-21(26)13-15-32/h1-11,16-17,21,26-27H,12-15,18-19,30H2,(H,31,34)/t26-,27-/m0/s1. The maximum atomic E-state index is 13.0. The molecule has 3 N–H and O–H groups in total. The summed E-state index contributed by atoms with van der Waals surface area (Å²) in [5.74, 6) is 0.381. The van der Waals surface area contributed by atoms with Crippen LogP contribution in [0.3, 0.4) is 0 Å². The van der Waals surface area contributed by atoms with E-state index in [0.29, 0.717) is 23.8 Å². The van der Waals surface area contributed by atoms with Crippen LogP contribution in [0.2, 0.25) is 0 Å². The molecule has 3 aliphatic heterocycles. The molecule has 0 aliphatic carbocycles. The molecule has 2 atom stereocenters. The highest BCUT2D eigenvalue weighted by Crippen LogP contribution is 2.30. The van der Waals surface area contributed by atoms with Crippen molar-refractivity contribution in [3.8, 4) is 5.75 Å². The van der Waals surface area contributed by atoms with E-state index in [0.717, 1.165) is 49.2 Å². The third kappa shape index (κ3) is 5.58. The fraction of sp³-hybridized carbons (Fsp3) is 0.310. The van der Waals surface area contributed by atoms with Gasteiger partial charge >= 0.3 is 12.1 Å². The second-order valence-electron chi connectivity index (χ2n) is 9.44. The number of benzene rings is 3. The molecule has 186 valence electrons. The third-order valence-electron chi connectivity index (χ3n) is 7.05. The lowest BCUT2D eigenvalue weighted by Crippen LogP contribution is -2.52. The smallest absolute Gasteiger partial charge is 0.408 e. The molecule has 7 nitrogen and oxygen atoms in total. The second kappa shape index (κ2) is 10.9. The Balaban J connectivity index is 1.34.